The fraction of sp³-hybridized carbons (Fsp3) is 0. The number of nitrogens with zero attached hydrogens (tertiary/aromatic N) is 2. The molecule has 0 amide bonds. The first-order valence-corrected chi connectivity index (χ1v) is 22.0. The average molecular weight is 815 g/mol. The molecule has 0 saturated carbocycles. The third-order valence-electron chi connectivity index (χ3n) is 12.8. The molecule has 11 aromatic carbocycles. The van der Waals surface area contributed by atoms with E-state index in [1.807, 2.05) is 0 Å². The van der Waals surface area contributed by atoms with Crippen molar-refractivity contribution in [3.63, 3.8) is 0 Å². The summed E-state index contributed by atoms with van der Waals surface area (Å²) < 4.78 is 2.44. The predicted molar refractivity (Wildman–Crippen MR) is 272 cm³/mol. The van der Waals surface area contributed by atoms with Crippen LogP contribution in [0.4, 0.5) is 17.1 Å². The molecule has 12 rings (SSSR count). The van der Waals surface area contributed by atoms with E-state index >= 15 is 0 Å². The van der Waals surface area contributed by atoms with Gasteiger partial charge in [-0.05, 0) is 103 Å². The topological polar surface area (TPSA) is 8.17 Å². The number of rotatable bonds is 8. The van der Waals surface area contributed by atoms with E-state index in [1.54, 1.807) is 0 Å². The lowest BCUT2D eigenvalue weighted by Gasteiger charge is -2.30. The number of aromatic nitrogens is 1. The van der Waals surface area contributed by atoms with Crippen LogP contribution < -0.4 is 4.90 Å². The van der Waals surface area contributed by atoms with Gasteiger partial charge in [-0.1, -0.05) is 206 Å². The Morgan fingerprint density at radius 2 is 0.750 bits per heavy atom. The zero-order valence-electron chi connectivity index (χ0n) is 35.1. The molecule has 12 aromatic rings. The van der Waals surface area contributed by atoms with Gasteiger partial charge in [0.25, 0.3) is 0 Å². The van der Waals surface area contributed by atoms with Crippen molar-refractivity contribution < 1.29 is 0 Å². The maximum atomic E-state index is 2.45. The summed E-state index contributed by atoms with van der Waals surface area (Å²) in [5.41, 5.74) is 16.2. The SMILES string of the molecule is c1ccc(-c2ccc(N(c3ccc(-c4cccc5ccccc45)cc3)c3ccccc3-c3ccccc3-n3c4ccccc4c4ccccc43)cc2-c2cccc3ccccc23)cc1. The van der Waals surface area contributed by atoms with E-state index in [4.69, 9.17) is 0 Å². The van der Waals surface area contributed by atoms with Crippen LogP contribution in [0.1, 0.15) is 0 Å². The minimum Gasteiger partial charge on any atom is -0.310 e. The largest absolute Gasteiger partial charge is 0.310 e. The molecule has 0 aliphatic heterocycles. The Hall–Kier alpha value is -8.46. The summed E-state index contributed by atoms with van der Waals surface area (Å²) >= 11 is 0. The summed E-state index contributed by atoms with van der Waals surface area (Å²) in [5, 5.41) is 7.42. The molecule has 0 aliphatic rings. The lowest BCUT2D eigenvalue weighted by molar-refractivity contribution is 1.18. The third-order valence-corrected chi connectivity index (χ3v) is 12.8. The highest BCUT2D eigenvalue weighted by molar-refractivity contribution is 6.10. The predicted octanol–water partition coefficient (Wildman–Crippen LogP) is 17.2. The first-order chi connectivity index (χ1) is 31.8. The van der Waals surface area contributed by atoms with Gasteiger partial charge in [-0.3, -0.25) is 0 Å². The van der Waals surface area contributed by atoms with Gasteiger partial charge in [0.1, 0.15) is 0 Å². The third kappa shape index (κ3) is 6.35. The zero-order valence-corrected chi connectivity index (χ0v) is 35.1. The van der Waals surface area contributed by atoms with Crippen molar-refractivity contribution in [2.24, 2.45) is 0 Å². The fourth-order valence-electron chi connectivity index (χ4n) is 9.89. The summed E-state index contributed by atoms with van der Waals surface area (Å²) in [4.78, 5) is 2.45. The van der Waals surface area contributed by atoms with Gasteiger partial charge in [0, 0.05) is 33.3 Å². The van der Waals surface area contributed by atoms with Gasteiger partial charge in [0.2, 0.25) is 0 Å². The Kier molecular flexibility index (Phi) is 9.20. The van der Waals surface area contributed by atoms with Gasteiger partial charge in [0.15, 0.2) is 0 Å². The molecule has 0 unspecified atom stereocenters. The normalized spacial score (nSPS) is 11.4. The number of para-hydroxylation sites is 4. The van der Waals surface area contributed by atoms with E-state index in [0.717, 1.165) is 33.9 Å². The Morgan fingerprint density at radius 3 is 1.45 bits per heavy atom. The summed E-state index contributed by atoms with van der Waals surface area (Å²) in [6.45, 7) is 0. The maximum Gasteiger partial charge on any atom is 0.0541 e. The molecule has 0 spiro atoms. The monoisotopic (exact) mass is 814 g/mol. The highest BCUT2D eigenvalue weighted by Gasteiger charge is 2.23. The zero-order chi connectivity index (χ0) is 42.4. The maximum absolute atomic E-state index is 2.45. The number of benzene rings is 11. The summed E-state index contributed by atoms with van der Waals surface area (Å²) in [6, 6.07) is 92.8. The summed E-state index contributed by atoms with van der Waals surface area (Å²) in [6.07, 6.45) is 0. The molecule has 2 heteroatoms. The average Bonchev–Trinajstić information content (AvgIpc) is 3.71. The van der Waals surface area contributed by atoms with Crippen LogP contribution in [-0.2, 0) is 0 Å². The van der Waals surface area contributed by atoms with Crippen molar-refractivity contribution in [2.75, 3.05) is 4.90 Å². The van der Waals surface area contributed by atoms with Gasteiger partial charge in [-0.2, -0.15) is 0 Å². The van der Waals surface area contributed by atoms with E-state index < -0.39 is 0 Å². The second kappa shape index (κ2) is 15.8. The molecule has 0 saturated heterocycles. The molecular weight excluding hydrogens is 773 g/mol. The molecule has 0 fully saturated rings. The minimum absolute atomic E-state index is 1.07. The van der Waals surface area contributed by atoms with Crippen LogP contribution in [0, 0.1) is 0 Å². The van der Waals surface area contributed by atoms with Gasteiger partial charge >= 0.3 is 0 Å². The van der Waals surface area contributed by atoms with Crippen LogP contribution in [0.2, 0.25) is 0 Å². The molecule has 300 valence electrons. The number of anilines is 3. The van der Waals surface area contributed by atoms with Crippen molar-refractivity contribution in [1.82, 2.24) is 4.57 Å². The molecular formula is C62H42N2. The highest BCUT2D eigenvalue weighted by atomic mass is 15.1. The van der Waals surface area contributed by atoms with Crippen LogP contribution in [0.25, 0.3) is 93.5 Å². The van der Waals surface area contributed by atoms with E-state index in [9.17, 15) is 0 Å². The quantitative estimate of drug-likeness (QED) is 0.148. The molecule has 0 bridgehead atoms. The van der Waals surface area contributed by atoms with Crippen molar-refractivity contribution in [2.45, 2.75) is 0 Å². The molecule has 2 nitrogen and oxygen atoms in total. The van der Waals surface area contributed by atoms with Gasteiger partial charge in [-0.25, -0.2) is 0 Å². The Balaban J connectivity index is 1.10. The van der Waals surface area contributed by atoms with Gasteiger partial charge < -0.3 is 9.47 Å². The molecule has 0 N–H and O–H groups in total. The lowest BCUT2D eigenvalue weighted by Crippen LogP contribution is -2.12. The highest BCUT2D eigenvalue weighted by Crippen LogP contribution is 2.47. The van der Waals surface area contributed by atoms with E-state index in [0.29, 0.717) is 0 Å². The summed E-state index contributed by atoms with van der Waals surface area (Å²) in [7, 11) is 0. The van der Waals surface area contributed by atoms with E-state index in [2.05, 4.69) is 264 Å². The first-order valence-electron chi connectivity index (χ1n) is 22.0. The molecule has 0 aliphatic carbocycles. The van der Waals surface area contributed by atoms with Crippen LogP contribution >= 0.6 is 0 Å². The lowest BCUT2D eigenvalue weighted by atomic mass is 9.90. The fourth-order valence-corrected chi connectivity index (χ4v) is 9.89. The van der Waals surface area contributed by atoms with Crippen LogP contribution in [0.3, 0.4) is 0 Å². The van der Waals surface area contributed by atoms with Gasteiger partial charge in [-0.15, -0.1) is 0 Å². The van der Waals surface area contributed by atoms with Crippen LogP contribution in [0.15, 0.2) is 255 Å². The molecule has 1 aromatic heterocycles. The molecule has 64 heavy (non-hydrogen) atoms. The van der Waals surface area contributed by atoms with Crippen molar-refractivity contribution in [3.05, 3.63) is 255 Å². The first kappa shape index (κ1) is 37.3. The number of hydrogen-bond acceptors (Lipinski definition) is 1. The molecule has 0 radical (unpaired) electrons. The van der Waals surface area contributed by atoms with Gasteiger partial charge in [0.05, 0.1) is 22.4 Å². The van der Waals surface area contributed by atoms with Crippen molar-refractivity contribution in [1.29, 1.82) is 0 Å². The van der Waals surface area contributed by atoms with E-state index in [-0.39, 0.29) is 0 Å². The smallest absolute Gasteiger partial charge is 0.0541 e. The van der Waals surface area contributed by atoms with Crippen molar-refractivity contribution in [3.8, 4) is 50.2 Å². The van der Waals surface area contributed by atoms with Crippen LogP contribution in [-0.4, -0.2) is 4.57 Å². The second-order valence-electron chi connectivity index (χ2n) is 16.4. The van der Waals surface area contributed by atoms with E-state index in [1.165, 1.54) is 76.7 Å². The van der Waals surface area contributed by atoms with Crippen LogP contribution in [0.5, 0.6) is 0 Å². The number of fused-ring (bicyclic) bond motifs is 5. The molecule has 1 heterocycles. The number of hydrogen-bond donors (Lipinski definition) is 0. The second-order valence-corrected chi connectivity index (χ2v) is 16.4. The standard InChI is InChI=1S/C62H42N2/c1-2-18-43(19-3-1)52-41-40-48(42-58(52)53-31-17-23-45-21-5-7-25-51(45)53)63(47-38-36-46(37-39-47)50-30-16-22-44-20-4-6-24-49(44)50)59-32-12-8-26-54(59)55-27-9-13-33-60(55)64-61-34-14-10-28-56(61)57-29-11-15-35-62(57)64/h1-42H. The Labute approximate surface area is 373 Å². The summed E-state index contributed by atoms with van der Waals surface area (Å²) in [5.74, 6) is 0. The van der Waals surface area contributed by atoms with Crippen molar-refractivity contribution >= 4 is 60.4 Å². The Bertz CT molecular complexity index is 3610. The minimum atomic E-state index is 1.07. The Morgan fingerprint density at radius 1 is 0.266 bits per heavy atom. The molecule has 0 atom stereocenters.